The molecular formula is C22H35N5. The van der Waals surface area contributed by atoms with Gasteiger partial charge in [-0.05, 0) is 74.4 Å². The Morgan fingerprint density at radius 1 is 1.11 bits per heavy atom. The van der Waals surface area contributed by atoms with Gasteiger partial charge in [0, 0.05) is 24.5 Å². The molecular weight excluding hydrogens is 334 g/mol. The molecule has 5 nitrogen and oxygen atoms in total. The van der Waals surface area contributed by atoms with Crippen LogP contribution in [0.3, 0.4) is 0 Å². The lowest BCUT2D eigenvalue weighted by Crippen LogP contribution is -2.32. The summed E-state index contributed by atoms with van der Waals surface area (Å²) in [6.45, 7) is 12.3. The smallest absolute Gasteiger partial charge is 0.227 e. The summed E-state index contributed by atoms with van der Waals surface area (Å²) >= 11 is 0. The third kappa shape index (κ3) is 6.92. The Morgan fingerprint density at radius 3 is 2.41 bits per heavy atom. The van der Waals surface area contributed by atoms with Crippen molar-refractivity contribution < 1.29 is 0 Å². The van der Waals surface area contributed by atoms with Crippen molar-refractivity contribution in [3.63, 3.8) is 0 Å². The van der Waals surface area contributed by atoms with E-state index in [4.69, 9.17) is 10.7 Å². The summed E-state index contributed by atoms with van der Waals surface area (Å²) in [5.41, 5.74) is 11.5. The molecule has 0 unspecified atom stereocenters. The van der Waals surface area contributed by atoms with Gasteiger partial charge >= 0.3 is 0 Å². The van der Waals surface area contributed by atoms with Gasteiger partial charge in [0.15, 0.2) is 0 Å². The molecule has 1 atom stereocenters. The molecule has 1 aromatic heterocycles. The zero-order valence-electron chi connectivity index (χ0n) is 17.5. The van der Waals surface area contributed by atoms with Crippen LogP contribution in [0, 0.1) is 19.8 Å². The second-order valence-corrected chi connectivity index (χ2v) is 7.81. The third-order valence-corrected chi connectivity index (χ3v) is 4.64. The average Bonchev–Trinajstić information content (AvgIpc) is 2.58. The lowest BCUT2D eigenvalue weighted by atomic mass is 10.0. The van der Waals surface area contributed by atoms with Crippen molar-refractivity contribution in [2.24, 2.45) is 11.7 Å². The maximum atomic E-state index is 5.79. The van der Waals surface area contributed by atoms with Crippen LogP contribution in [-0.2, 0) is 13.0 Å². The first-order valence-electron chi connectivity index (χ1n) is 10.0. The number of hydrogen-bond acceptors (Lipinski definition) is 5. The van der Waals surface area contributed by atoms with E-state index >= 15 is 0 Å². The molecule has 0 saturated carbocycles. The molecule has 0 bridgehead atoms. The molecule has 27 heavy (non-hydrogen) atoms. The van der Waals surface area contributed by atoms with E-state index in [1.165, 1.54) is 16.7 Å². The van der Waals surface area contributed by atoms with E-state index in [-0.39, 0.29) is 0 Å². The van der Waals surface area contributed by atoms with Gasteiger partial charge in [-0.3, -0.25) is 0 Å². The highest BCUT2D eigenvalue weighted by molar-refractivity contribution is 5.56. The molecule has 0 aliphatic rings. The standard InChI is InChI=1S/C22H35N5/c1-6-18-13-25-22(26-20-11-16(4)10-17(5)12-20)27-21(18)14-24-19(7-8-23)9-15(2)3/h10-13,15,19,24H,6-9,14,23H2,1-5H3,(H,25,26,27)/t19-/m0/s1. The molecule has 0 spiro atoms. The highest BCUT2D eigenvalue weighted by atomic mass is 15.1. The van der Waals surface area contributed by atoms with Crippen LogP contribution < -0.4 is 16.4 Å². The molecule has 2 aromatic rings. The lowest BCUT2D eigenvalue weighted by Gasteiger charge is -2.20. The first kappa shape index (κ1) is 21.3. The minimum atomic E-state index is 0.422. The minimum Gasteiger partial charge on any atom is -0.330 e. The van der Waals surface area contributed by atoms with Crippen LogP contribution in [0.4, 0.5) is 11.6 Å². The van der Waals surface area contributed by atoms with Gasteiger partial charge in [0.2, 0.25) is 5.95 Å². The van der Waals surface area contributed by atoms with E-state index in [9.17, 15) is 0 Å². The summed E-state index contributed by atoms with van der Waals surface area (Å²) in [5, 5.41) is 7.01. The molecule has 0 aliphatic carbocycles. The Morgan fingerprint density at radius 2 is 1.81 bits per heavy atom. The fourth-order valence-electron chi connectivity index (χ4n) is 3.44. The fourth-order valence-corrected chi connectivity index (χ4v) is 3.44. The highest BCUT2D eigenvalue weighted by Crippen LogP contribution is 2.18. The van der Waals surface area contributed by atoms with Crippen LogP contribution in [0.15, 0.2) is 24.4 Å². The quantitative estimate of drug-likeness (QED) is 0.583. The topological polar surface area (TPSA) is 75.9 Å². The molecule has 2 rings (SSSR count). The van der Waals surface area contributed by atoms with Gasteiger partial charge in [-0.2, -0.15) is 0 Å². The zero-order valence-corrected chi connectivity index (χ0v) is 17.5. The van der Waals surface area contributed by atoms with Crippen molar-refractivity contribution >= 4 is 11.6 Å². The van der Waals surface area contributed by atoms with Crippen molar-refractivity contribution in [2.75, 3.05) is 11.9 Å². The SMILES string of the molecule is CCc1cnc(Nc2cc(C)cc(C)c2)nc1CN[C@@H](CCN)CC(C)C. The largest absolute Gasteiger partial charge is 0.330 e. The van der Waals surface area contributed by atoms with Crippen LogP contribution in [0.1, 0.15) is 56.0 Å². The molecule has 0 fully saturated rings. The number of hydrogen-bond donors (Lipinski definition) is 3. The van der Waals surface area contributed by atoms with Crippen molar-refractivity contribution in [3.8, 4) is 0 Å². The number of anilines is 2. The van der Waals surface area contributed by atoms with Gasteiger partial charge in [0.05, 0.1) is 5.69 Å². The monoisotopic (exact) mass is 369 g/mol. The lowest BCUT2D eigenvalue weighted by molar-refractivity contribution is 0.398. The van der Waals surface area contributed by atoms with E-state index in [0.29, 0.717) is 24.5 Å². The van der Waals surface area contributed by atoms with Crippen LogP contribution in [0.25, 0.3) is 0 Å². The molecule has 5 heteroatoms. The zero-order chi connectivity index (χ0) is 19.8. The predicted molar refractivity (Wildman–Crippen MR) is 114 cm³/mol. The first-order chi connectivity index (χ1) is 12.9. The Balaban J connectivity index is 2.14. The first-order valence-corrected chi connectivity index (χ1v) is 10.0. The van der Waals surface area contributed by atoms with Gasteiger partial charge in [0.25, 0.3) is 0 Å². The van der Waals surface area contributed by atoms with E-state index in [1.54, 1.807) is 0 Å². The number of nitrogens with two attached hydrogens (primary N) is 1. The molecule has 148 valence electrons. The maximum absolute atomic E-state index is 5.79. The van der Waals surface area contributed by atoms with E-state index in [2.05, 4.69) is 68.4 Å². The Hall–Kier alpha value is -1.98. The van der Waals surface area contributed by atoms with Crippen LogP contribution in [0.2, 0.25) is 0 Å². The van der Waals surface area contributed by atoms with Crippen LogP contribution in [-0.4, -0.2) is 22.6 Å². The molecule has 0 saturated heterocycles. The number of nitrogens with one attached hydrogen (secondary N) is 2. The fraction of sp³-hybridized carbons (Fsp3) is 0.545. The molecule has 0 radical (unpaired) electrons. The second kappa shape index (κ2) is 10.4. The predicted octanol–water partition coefficient (Wildman–Crippen LogP) is 4.25. The van der Waals surface area contributed by atoms with E-state index in [1.807, 2.05) is 6.20 Å². The van der Waals surface area contributed by atoms with Gasteiger partial charge in [-0.15, -0.1) is 0 Å². The molecule has 4 N–H and O–H groups in total. The normalized spacial score (nSPS) is 12.4. The average molecular weight is 370 g/mol. The molecule has 0 aliphatic heterocycles. The minimum absolute atomic E-state index is 0.422. The summed E-state index contributed by atoms with van der Waals surface area (Å²) in [5.74, 6) is 1.29. The highest BCUT2D eigenvalue weighted by Gasteiger charge is 2.12. The van der Waals surface area contributed by atoms with Crippen molar-refractivity contribution in [1.29, 1.82) is 0 Å². The van der Waals surface area contributed by atoms with E-state index < -0.39 is 0 Å². The summed E-state index contributed by atoms with van der Waals surface area (Å²) in [6, 6.07) is 6.81. The summed E-state index contributed by atoms with van der Waals surface area (Å²) in [7, 11) is 0. The van der Waals surface area contributed by atoms with Crippen molar-refractivity contribution in [1.82, 2.24) is 15.3 Å². The molecule has 1 heterocycles. The van der Waals surface area contributed by atoms with Crippen LogP contribution >= 0.6 is 0 Å². The number of aromatic nitrogens is 2. The van der Waals surface area contributed by atoms with E-state index in [0.717, 1.165) is 37.2 Å². The Kier molecular flexibility index (Phi) is 8.20. The third-order valence-electron chi connectivity index (χ3n) is 4.64. The number of rotatable bonds is 10. The van der Waals surface area contributed by atoms with Crippen LogP contribution in [0.5, 0.6) is 0 Å². The number of nitrogens with zero attached hydrogens (tertiary/aromatic N) is 2. The summed E-state index contributed by atoms with van der Waals surface area (Å²) in [4.78, 5) is 9.30. The number of aryl methyl sites for hydroxylation is 3. The van der Waals surface area contributed by atoms with Crippen molar-refractivity contribution in [2.45, 2.75) is 66.5 Å². The Bertz CT molecular complexity index is 706. The summed E-state index contributed by atoms with van der Waals surface area (Å²) < 4.78 is 0. The molecule has 1 aromatic carbocycles. The van der Waals surface area contributed by atoms with Gasteiger partial charge < -0.3 is 16.4 Å². The maximum Gasteiger partial charge on any atom is 0.227 e. The number of benzene rings is 1. The van der Waals surface area contributed by atoms with Gasteiger partial charge in [-0.1, -0.05) is 26.8 Å². The van der Waals surface area contributed by atoms with Gasteiger partial charge in [0.1, 0.15) is 0 Å². The van der Waals surface area contributed by atoms with Crippen molar-refractivity contribution in [3.05, 3.63) is 46.8 Å². The summed E-state index contributed by atoms with van der Waals surface area (Å²) in [6.07, 6.45) is 4.97. The molecule has 0 amide bonds. The van der Waals surface area contributed by atoms with Gasteiger partial charge in [-0.25, -0.2) is 9.97 Å². The second-order valence-electron chi connectivity index (χ2n) is 7.81. The Labute approximate surface area is 164 Å².